The molecule has 0 unspecified atom stereocenters. The molecule has 0 aliphatic carbocycles. The molecule has 3 nitrogen and oxygen atoms in total. The van der Waals surface area contributed by atoms with Crippen LogP contribution in [0.15, 0.2) is 78.9 Å². The Bertz CT molecular complexity index is 795. The lowest BCUT2D eigenvalue weighted by molar-refractivity contribution is 0.102. The van der Waals surface area contributed by atoms with Crippen LogP contribution in [0.5, 0.6) is 5.75 Å². The minimum absolute atomic E-state index is 0.123. The van der Waals surface area contributed by atoms with Gasteiger partial charge in [-0.05, 0) is 41.5 Å². The first kappa shape index (κ1) is 14.9. The van der Waals surface area contributed by atoms with Crippen molar-refractivity contribution >= 4 is 11.6 Å². The van der Waals surface area contributed by atoms with Crippen molar-refractivity contribution in [2.75, 3.05) is 12.4 Å². The predicted molar refractivity (Wildman–Crippen MR) is 92.8 cm³/mol. The van der Waals surface area contributed by atoms with E-state index in [2.05, 4.69) is 5.32 Å². The highest BCUT2D eigenvalue weighted by atomic mass is 16.5. The highest BCUT2D eigenvalue weighted by Gasteiger charge is 2.12. The first-order valence-electron chi connectivity index (χ1n) is 7.38. The number of benzene rings is 3. The average molecular weight is 303 g/mol. The third-order valence-electron chi connectivity index (χ3n) is 3.60. The zero-order chi connectivity index (χ0) is 16.1. The van der Waals surface area contributed by atoms with Crippen LogP contribution >= 0.6 is 0 Å². The zero-order valence-electron chi connectivity index (χ0n) is 12.8. The fourth-order valence-electron chi connectivity index (χ4n) is 2.42. The number of para-hydroxylation sites is 1. The quantitative estimate of drug-likeness (QED) is 0.764. The summed E-state index contributed by atoms with van der Waals surface area (Å²) in [5, 5.41) is 2.93. The van der Waals surface area contributed by atoms with Crippen LogP contribution in [-0.2, 0) is 0 Å². The molecule has 0 heterocycles. The van der Waals surface area contributed by atoms with E-state index < -0.39 is 0 Å². The SMILES string of the molecule is COc1ccc(-c2ccccc2C(=O)Nc2ccccc2)cc1. The van der Waals surface area contributed by atoms with Gasteiger partial charge in [0.05, 0.1) is 7.11 Å². The monoisotopic (exact) mass is 303 g/mol. The van der Waals surface area contributed by atoms with E-state index in [1.54, 1.807) is 7.11 Å². The largest absolute Gasteiger partial charge is 0.497 e. The summed E-state index contributed by atoms with van der Waals surface area (Å²) in [7, 11) is 1.64. The van der Waals surface area contributed by atoms with Gasteiger partial charge in [0.1, 0.15) is 5.75 Å². The maximum atomic E-state index is 12.6. The molecule has 0 saturated heterocycles. The molecule has 3 aromatic carbocycles. The van der Waals surface area contributed by atoms with Crippen LogP contribution in [0.3, 0.4) is 0 Å². The van der Waals surface area contributed by atoms with Gasteiger partial charge in [0.2, 0.25) is 0 Å². The molecule has 0 aliphatic heterocycles. The summed E-state index contributed by atoms with van der Waals surface area (Å²) in [5.41, 5.74) is 3.29. The summed E-state index contributed by atoms with van der Waals surface area (Å²) in [5.74, 6) is 0.669. The number of ether oxygens (including phenoxy) is 1. The van der Waals surface area contributed by atoms with Crippen LogP contribution in [0.25, 0.3) is 11.1 Å². The summed E-state index contributed by atoms with van der Waals surface area (Å²) in [6.45, 7) is 0. The highest BCUT2D eigenvalue weighted by molar-refractivity contribution is 6.08. The van der Waals surface area contributed by atoms with Gasteiger partial charge < -0.3 is 10.1 Å². The predicted octanol–water partition coefficient (Wildman–Crippen LogP) is 4.61. The summed E-state index contributed by atoms with van der Waals surface area (Å²) < 4.78 is 5.18. The number of amides is 1. The third kappa shape index (κ3) is 3.40. The molecular weight excluding hydrogens is 286 g/mol. The van der Waals surface area contributed by atoms with E-state index >= 15 is 0 Å². The van der Waals surface area contributed by atoms with Gasteiger partial charge in [0.25, 0.3) is 5.91 Å². The number of carbonyl (C=O) groups excluding carboxylic acids is 1. The van der Waals surface area contributed by atoms with Crippen LogP contribution in [0, 0.1) is 0 Å². The van der Waals surface area contributed by atoms with Crippen LogP contribution in [0.1, 0.15) is 10.4 Å². The fourth-order valence-corrected chi connectivity index (χ4v) is 2.42. The topological polar surface area (TPSA) is 38.3 Å². The lowest BCUT2D eigenvalue weighted by Crippen LogP contribution is -2.12. The molecule has 0 radical (unpaired) electrons. The van der Waals surface area contributed by atoms with E-state index in [-0.39, 0.29) is 5.91 Å². The average Bonchev–Trinajstić information content (AvgIpc) is 2.62. The Hall–Kier alpha value is -3.07. The molecule has 3 aromatic rings. The maximum Gasteiger partial charge on any atom is 0.256 e. The Morgan fingerprint density at radius 1 is 0.826 bits per heavy atom. The van der Waals surface area contributed by atoms with Crippen molar-refractivity contribution < 1.29 is 9.53 Å². The lowest BCUT2D eigenvalue weighted by atomic mass is 9.99. The second-order valence-electron chi connectivity index (χ2n) is 5.09. The molecule has 3 heteroatoms. The van der Waals surface area contributed by atoms with Gasteiger partial charge in [-0.1, -0.05) is 48.5 Å². The van der Waals surface area contributed by atoms with Crippen molar-refractivity contribution in [2.45, 2.75) is 0 Å². The van der Waals surface area contributed by atoms with Crippen LogP contribution < -0.4 is 10.1 Å². The minimum atomic E-state index is -0.123. The van der Waals surface area contributed by atoms with E-state index in [1.165, 1.54) is 0 Å². The molecule has 1 N–H and O–H groups in total. The summed E-state index contributed by atoms with van der Waals surface area (Å²) in [6, 6.07) is 24.7. The van der Waals surface area contributed by atoms with Gasteiger partial charge in [0, 0.05) is 11.3 Å². The van der Waals surface area contributed by atoms with Crippen molar-refractivity contribution in [2.24, 2.45) is 0 Å². The van der Waals surface area contributed by atoms with Gasteiger partial charge in [-0.15, -0.1) is 0 Å². The van der Waals surface area contributed by atoms with Crippen LogP contribution in [0.2, 0.25) is 0 Å². The van der Waals surface area contributed by atoms with Crippen molar-refractivity contribution in [3.05, 3.63) is 84.4 Å². The lowest BCUT2D eigenvalue weighted by Gasteiger charge is -2.11. The molecule has 0 saturated carbocycles. The van der Waals surface area contributed by atoms with Gasteiger partial charge >= 0.3 is 0 Å². The minimum Gasteiger partial charge on any atom is -0.497 e. The van der Waals surface area contributed by atoms with E-state index in [4.69, 9.17) is 4.74 Å². The molecule has 0 fully saturated rings. The van der Waals surface area contributed by atoms with Gasteiger partial charge in [-0.25, -0.2) is 0 Å². The number of nitrogens with one attached hydrogen (secondary N) is 1. The van der Waals surface area contributed by atoms with Crippen molar-refractivity contribution in [3.63, 3.8) is 0 Å². The van der Waals surface area contributed by atoms with Crippen molar-refractivity contribution in [1.29, 1.82) is 0 Å². The molecule has 23 heavy (non-hydrogen) atoms. The number of hydrogen-bond acceptors (Lipinski definition) is 2. The summed E-state index contributed by atoms with van der Waals surface area (Å²) in [4.78, 5) is 12.6. The first-order valence-corrected chi connectivity index (χ1v) is 7.38. The molecule has 114 valence electrons. The number of rotatable bonds is 4. The molecule has 1 amide bonds. The standard InChI is InChI=1S/C20H17NO2/c1-23-17-13-11-15(12-14-17)18-9-5-6-10-19(18)20(22)21-16-7-3-2-4-8-16/h2-14H,1H3,(H,21,22). The third-order valence-corrected chi connectivity index (χ3v) is 3.60. The smallest absolute Gasteiger partial charge is 0.256 e. The summed E-state index contributed by atoms with van der Waals surface area (Å²) in [6.07, 6.45) is 0. The molecular formula is C20H17NO2. The summed E-state index contributed by atoms with van der Waals surface area (Å²) >= 11 is 0. The highest BCUT2D eigenvalue weighted by Crippen LogP contribution is 2.26. The molecule has 0 atom stereocenters. The Morgan fingerprint density at radius 2 is 1.48 bits per heavy atom. The first-order chi connectivity index (χ1) is 11.3. The van der Waals surface area contributed by atoms with Crippen molar-refractivity contribution in [3.8, 4) is 16.9 Å². The van der Waals surface area contributed by atoms with E-state index in [9.17, 15) is 4.79 Å². The molecule has 0 spiro atoms. The molecule has 0 bridgehead atoms. The second-order valence-corrected chi connectivity index (χ2v) is 5.09. The van der Waals surface area contributed by atoms with Gasteiger partial charge in [0.15, 0.2) is 0 Å². The van der Waals surface area contributed by atoms with E-state index in [1.807, 2.05) is 78.9 Å². The normalized spacial score (nSPS) is 10.1. The van der Waals surface area contributed by atoms with Gasteiger partial charge in [-0.2, -0.15) is 0 Å². The Labute approximate surface area is 135 Å². The second kappa shape index (κ2) is 6.79. The number of methoxy groups -OCH3 is 1. The Morgan fingerprint density at radius 3 is 2.17 bits per heavy atom. The number of carbonyl (C=O) groups is 1. The van der Waals surface area contributed by atoms with E-state index in [0.717, 1.165) is 22.6 Å². The van der Waals surface area contributed by atoms with Crippen LogP contribution in [-0.4, -0.2) is 13.0 Å². The van der Waals surface area contributed by atoms with Crippen LogP contribution in [0.4, 0.5) is 5.69 Å². The molecule has 0 aromatic heterocycles. The zero-order valence-corrected chi connectivity index (χ0v) is 12.8. The van der Waals surface area contributed by atoms with E-state index in [0.29, 0.717) is 5.56 Å². The molecule has 3 rings (SSSR count). The number of anilines is 1. The fraction of sp³-hybridized carbons (Fsp3) is 0.0500. The Balaban J connectivity index is 1.92. The van der Waals surface area contributed by atoms with Gasteiger partial charge in [-0.3, -0.25) is 4.79 Å². The molecule has 0 aliphatic rings. The maximum absolute atomic E-state index is 12.6. The number of hydrogen-bond donors (Lipinski definition) is 1. The van der Waals surface area contributed by atoms with Crippen molar-refractivity contribution in [1.82, 2.24) is 0 Å². The Kier molecular flexibility index (Phi) is 4.39.